The van der Waals surface area contributed by atoms with Gasteiger partial charge in [-0.15, -0.1) is 0 Å². The third-order valence-electron chi connectivity index (χ3n) is 3.38. The summed E-state index contributed by atoms with van der Waals surface area (Å²) >= 11 is 0. The Morgan fingerprint density at radius 3 is 2.67 bits per heavy atom. The van der Waals surface area contributed by atoms with Crippen molar-refractivity contribution in [3.05, 3.63) is 29.6 Å². The summed E-state index contributed by atoms with van der Waals surface area (Å²) in [6, 6.07) is 3.85. The zero-order valence-corrected chi connectivity index (χ0v) is 11.4. The van der Waals surface area contributed by atoms with Gasteiger partial charge in [0.15, 0.2) is 9.84 Å². The Morgan fingerprint density at radius 2 is 2.06 bits per heavy atom. The molecule has 1 aromatic rings. The van der Waals surface area contributed by atoms with Crippen molar-refractivity contribution in [1.29, 1.82) is 0 Å². The van der Waals surface area contributed by atoms with Gasteiger partial charge in [-0.3, -0.25) is 0 Å². The van der Waals surface area contributed by atoms with E-state index in [-0.39, 0.29) is 10.9 Å². The predicted molar refractivity (Wildman–Crippen MR) is 68.7 cm³/mol. The number of hydrogen-bond acceptors (Lipinski definition) is 3. The van der Waals surface area contributed by atoms with Crippen LogP contribution in [0.3, 0.4) is 0 Å². The molecule has 0 aromatic heterocycles. The zero-order valence-electron chi connectivity index (χ0n) is 10.6. The lowest BCUT2D eigenvalue weighted by atomic mass is 10.0. The van der Waals surface area contributed by atoms with E-state index in [0.29, 0.717) is 18.5 Å². The highest BCUT2D eigenvalue weighted by atomic mass is 32.2. The number of sulfone groups is 1. The minimum Gasteiger partial charge on any atom is -0.309 e. The van der Waals surface area contributed by atoms with Crippen LogP contribution in [0.15, 0.2) is 23.1 Å². The first-order valence-corrected chi connectivity index (χ1v) is 7.83. The fourth-order valence-corrected chi connectivity index (χ4v) is 4.90. The fourth-order valence-electron chi connectivity index (χ4n) is 2.62. The largest absolute Gasteiger partial charge is 0.309 e. The Balaban J connectivity index is 2.54. The number of rotatable bonds is 4. The lowest BCUT2D eigenvalue weighted by Gasteiger charge is -2.19. The van der Waals surface area contributed by atoms with Gasteiger partial charge in [-0.2, -0.15) is 0 Å². The minimum absolute atomic E-state index is 0.159. The van der Waals surface area contributed by atoms with Crippen molar-refractivity contribution >= 4 is 9.84 Å². The van der Waals surface area contributed by atoms with E-state index in [9.17, 15) is 12.8 Å². The third-order valence-corrected chi connectivity index (χ3v) is 5.66. The van der Waals surface area contributed by atoms with Crippen molar-refractivity contribution < 1.29 is 12.8 Å². The van der Waals surface area contributed by atoms with Crippen LogP contribution in [0.1, 0.15) is 38.3 Å². The lowest BCUT2D eigenvalue weighted by molar-refractivity contribution is 0.492. The highest BCUT2D eigenvalue weighted by Crippen LogP contribution is 2.41. The maximum atomic E-state index is 13.2. The van der Waals surface area contributed by atoms with Gasteiger partial charge in [0.1, 0.15) is 5.82 Å². The van der Waals surface area contributed by atoms with Gasteiger partial charge in [0.2, 0.25) is 0 Å². The SMILES string of the molecule is CCCC1C(NCC)c2ccc(F)cc2S1(=O)=O. The van der Waals surface area contributed by atoms with E-state index in [4.69, 9.17) is 0 Å². The van der Waals surface area contributed by atoms with E-state index in [1.54, 1.807) is 6.07 Å². The number of hydrogen-bond donors (Lipinski definition) is 1. The summed E-state index contributed by atoms with van der Waals surface area (Å²) in [6.45, 7) is 4.59. The molecule has 5 heteroatoms. The van der Waals surface area contributed by atoms with Crippen molar-refractivity contribution in [2.45, 2.75) is 42.9 Å². The second-order valence-electron chi connectivity index (χ2n) is 4.59. The number of nitrogens with one attached hydrogen (secondary N) is 1. The number of fused-ring (bicyclic) bond motifs is 1. The van der Waals surface area contributed by atoms with Crippen LogP contribution in [-0.2, 0) is 9.84 Å². The molecule has 1 aromatic carbocycles. The van der Waals surface area contributed by atoms with Gasteiger partial charge >= 0.3 is 0 Å². The number of benzene rings is 1. The molecule has 0 saturated carbocycles. The molecule has 2 atom stereocenters. The minimum atomic E-state index is -3.40. The topological polar surface area (TPSA) is 46.2 Å². The van der Waals surface area contributed by atoms with E-state index in [0.717, 1.165) is 12.5 Å². The molecule has 2 unspecified atom stereocenters. The van der Waals surface area contributed by atoms with E-state index in [2.05, 4.69) is 5.32 Å². The normalized spacial score (nSPS) is 25.1. The Morgan fingerprint density at radius 1 is 1.33 bits per heavy atom. The van der Waals surface area contributed by atoms with Gasteiger partial charge in [-0.1, -0.05) is 26.3 Å². The van der Waals surface area contributed by atoms with Crippen LogP contribution in [0.25, 0.3) is 0 Å². The quantitative estimate of drug-likeness (QED) is 0.915. The Hall–Kier alpha value is -0.940. The first-order valence-electron chi connectivity index (χ1n) is 6.29. The van der Waals surface area contributed by atoms with Gasteiger partial charge < -0.3 is 5.32 Å². The van der Waals surface area contributed by atoms with E-state index < -0.39 is 20.9 Å². The Labute approximate surface area is 107 Å². The molecule has 18 heavy (non-hydrogen) atoms. The summed E-state index contributed by atoms with van der Waals surface area (Å²) in [4.78, 5) is 0.159. The van der Waals surface area contributed by atoms with Crippen molar-refractivity contribution in [2.24, 2.45) is 0 Å². The van der Waals surface area contributed by atoms with E-state index in [1.807, 2.05) is 13.8 Å². The predicted octanol–water partition coefficient (Wildman–Crippen LogP) is 2.43. The first-order chi connectivity index (χ1) is 8.52. The molecule has 1 heterocycles. The highest BCUT2D eigenvalue weighted by molar-refractivity contribution is 7.92. The molecule has 1 aliphatic rings. The molecular weight excluding hydrogens is 253 g/mol. The fraction of sp³-hybridized carbons (Fsp3) is 0.538. The molecule has 0 amide bonds. The first kappa shape index (κ1) is 13.5. The highest BCUT2D eigenvalue weighted by Gasteiger charge is 2.44. The standard InChI is InChI=1S/C13H18FNO2S/c1-3-5-11-13(15-4-2)10-7-6-9(14)8-12(10)18(11,16)17/h6-8,11,13,15H,3-5H2,1-2H3. The van der Waals surface area contributed by atoms with Gasteiger partial charge in [0.25, 0.3) is 0 Å². The summed E-state index contributed by atoms with van der Waals surface area (Å²) in [5, 5.41) is 2.74. The van der Waals surface area contributed by atoms with Crippen molar-refractivity contribution in [2.75, 3.05) is 6.54 Å². The van der Waals surface area contributed by atoms with Crippen molar-refractivity contribution in [3.8, 4) is 0 Å². The number of halogens is 1. The van der Waals surface area contributed by atoms with Gasteiger partial charge in [-0.05, 0) is 30.7 Å². The average molecular weight is 271 g/mol. The summed E-state index contributed by atoms with van der Waals surface area (Å²) in [5.41, 5.74) is 0.705. The van der Waals surface area contributed by atoms with Crippen LogP contribution < -0.4 is 5.32 Å². The van der Waals surface area contributed by atoms with Crippen molar-refractivity contribution in [3.63, 3.8) is 0 Å². The molecule has 0 fully saturated rings. The van der Waals surface area contributed by atoms with Crippen molar-refractivity contribution in [1.82, 2.24) is 5.32 Å². The second kappa shape index (κ2) is 4.97. The molecule has 100 valence electrons. The third kappa shape index (κ3) is 2.06. The van der Waals surface area contributed by atoms with E-state index >= 15 is 0 Å². The molecule has 2 rings (SSSR count). The van der Waals surface area contributed by atoms with Crippen LogP contribution in [0.5, 0.6) is 0 Å². The lowest BCUT2D eigenvalue weighted by Crippen LogP contribution is -2.31. The zero-order chi connectivity index (χ0) is 13.3. The molecule has 0 saturated heterocycles. The molecule has 0 bridgehead atoms. The second-order valence-corrected chi connectivity index (χ2v) is 6.72. The van der Waals surface area contributed by atoms with E-state index in [1.165, 1.54) is 6.07 Å². The van der Waals surface area contributed by atoms with Crippen LogP contribution >= 0.6 is 0 Å². The monoisotopic (exact) mass is 271 g/mol. The summed E-state index contributed by atoms with van der Waals surface area (Å²) < 4.78 is 38.1. The van der Waals surface area contributed by atoms with Crippen LogP contribution in [-0.4, -0.2) is 20.2 Å². The van der Waals surface area contributed by atoms with Gasteiger partial charge in [-0.25, -0.2) is 12.8 Å². The molecule has 3 nitrogen and oxygen atoms in total. The molecule has 1 N–H and O–H groups in total. The maximum Gasteiger partial charge on any atom is 0.183 e. The molecule has 0 radical (unpaired) electrons. The Kier molecular flexibility index (Phi) is 3.73. The van der Waals surface area contributed by atoms with Crippen LogP contribution in [0, 0.1) is 5.82 Å². The maximum absolute atomic E-state index is 13.2. The van der Waals surface area contributed by atoms with Crippen LogP contribution in [0.2, 0.25) is 0 Å². The molecule has 0 spiro atoms. The van der Waals surface area contributed by atoms with Gasteiger partial charge in [0.05, 0.1) is 16.2 Å². The van der Waals surface area contributed by atoms with Gasteiger partial charge in [0, 0.05) is 0 Å². The van der Waals surface area contributed by atoms with Crippen LogP contribution in [0.4, 0.5) is 4.39 Å². The molecule has 1 aliphatic heterocycles. The molecule has 0 aliphatic carbocycles. The molecular formula is C13H18FNO2S. The summed E-state index contributed by atoms with van der Waals surface area (Å²) in [5.74, 6) is -0.496. The summed E-state index contributed by atoms with van der Waals surface area (Å²) in [6.07, 6.45) is 1.39. The average Bonchev–Trinajstić information content (AvgIpc) is 2.52. The summed E-state index contributed by atoms with van der Waals surface area (Å²) in [7, 11) is -3.40. The smallest absolute Gasteiger partial charge is 0.183 e. The Bertz CT molecular complexity index is 542.